The molecule has 4 aromatic rings. The Morgan fingerprint density at radius 3 is 2.15 bits per heavy atom. The number of hydrogen-bond donors (Lipinski definition) is 3. The Bertz CT molecular complexity index is 2280. The number of halogens is 3. The number of likely N-dealkylation sites (N-methyl/N-ethyl adjacent to an activating group) is 1. The van der Waals surface area contributed by atoms with Crippen LogP contribution in [-0.2, 0) is 21.4 Å². The zero-order valence-electron chi connectivity index (χ0n) is 39.7. The summed E-state index contributed by atoms with van der Waals surface area (Å²) in [5, 5.41) is 6.32. The molecule has 9 rings (SSSR count). The van der Waals surface area contributed by atoms with E-state index in [1.165, 1.54) is 88.2 Å². The van der Waals surface area contributed by atoms with E-state index in [9.17, 15) is 23.6 Å². The first-order valence-electron chi connectivity index (χ1n) is 23.6. The molecule has 2 amide bonds. The van der Waals surface area contributed by atoms with Gasteiger partial charge in [-0.05, 0) is 137 Å². The number of aryl methyl sites for hydroxylation is 1. The van der Waals surface area contributed by atoms with Crippen molar-refractivity contribution in [3.8, 4) is 0 Å². The van der Waals surface area contributed by atoms with Crippen molar-refractivity contribution >= 4 is 58.0 Å². The van der Waals surface area contributed by atoms with Gasteiger partial charge >= 0.3 is 57.1 Å². The zero-order valence-corrected chi connectivity index (χ0v) is 44.3. The van der Waals surface area contributed by atoms with Gasteiger partial charge in [0.25, 0.3) is 0 Å². The Balaban J connectivity index is 0.000000209. The molecular weight excluding hydrogens is 904 g/mol. The van der Waals surface area contributed by atoms with E-state index in [1.807, 2.05) is 18.2 Å². The summed E-state index contributed by atoms with van der Waals surface area (Å²) in [5.74, 6) is 0.985. The van der Waals surface area contributed by atoms with Crippen LogP contribution in [0.1, 0.15) is 126 Å². The van der Waals surface area contributed by atoms with E-state index in [4.69, 9.17) is 23.2 Å². The molecule has 4 atom stereocenters. The van der Waals surface area contributed by atoms with Crippen molar-refractivity contribution in [1.29, 1.82) is 0 Å². The Labute approximate surface area is 443 Å². The van der Waals surface area contributed by atoms with Crippen molar-refractivity contribution in [3.63, 3.8) is 0 Å². The average Bonchev–Trinajstić information content (AvgIpc) is 3.68. The van der Waals surface area contributed by atoms with Crippen molar-refractivity contribution in [2.75, 3.05) is 39.0 Å². The average molecular weight is 973 g/mol. The Morgan fingerprint density at radius 1 is 0.879 bits per heavy atom. The van der Waals surface area contributed by atoms with Gasteiger partial charge in [0.1, 0.15) is 18.1 Å². The number of nitrogens with two attached hydrogens (primary N) is 1. The number of benzene rings is 3. The molecule has 4 heterocycles. The van der Waals surface area contributed by atoms with Crippen LogP contribution in [-0.4, -0.2) is 82.3 Å². The normalized spacial score (nSPS) is 23.6. The molecule has 3 saturated heterocycles. The molecule has 3 aromatic carbocycles. The van der Waals surface area contributed by atoms with E-state index in [0.29, 0.717) is 23.3 Å². The summed E-state index contributed by atoms with van der Waals surface area (Å²) >= 11 is 11.5. The minimum atomic E-state index is -0.627. The Kier molecular flexibility index (Phi) is 21.0. The number of anilines is 1. The molecule has 354 valence electrons. The summed E-state index contributed by atoms with van der Waals surface area (Å²) in [4.78, 5) is 53.7. The molecule has 5 fully saturated rings. The first-order valence-corrected chi connectivity index (χ1v) is 24.4. The third-order valence-electron chi connectivity index (χ3n) is 15.0. The molecule has 2 saturated carbocycles. The van der Waals surface area contributed by atoms with Crippen LogP contribution in [0.15, 0.2) is 65.5 Å². The minimum absolute atomic E-state index is 0. The second-order valence-corrected chi connectivity index (χ2v) is 19.4. The molecule has 0 bridgehead atoms. The van der Waals surface area contributed by atoms with Gasteiger partial charge < -0.3 is 20.7 Å². The smallest absolute Gasteiger partial charge is 0.538 e. The van der Waals surface area contributed by atoms with Gasteiger partial charge in [-0.25, -0.2) is 9.18 Å². The number of fused-ring (bicyclic) bond motifs is 1. The summed E-state index contributed by atoms with van der Waals surface area (Å²) in [7, 11) is 9.25. The van der Waals surface area contributed by atoms with Gasteiger partial charge in [0.05, 0.1) is 22.1 Å². The number of likely N-dealkylation sites (tertiary alicyclic amines) is 2. The fraction of sp³-hybridized carbons (Fsp3) is 0.549. The first-order chi connectivity index (χ1) is 31.4. The number of carbonyl (C=O) groups is 3. The zero-order chi connectivity index (χ0) is 46.8. The predicted molar refractivity (Wildman–Crippen MR) is 261 cm³/mol. The SMILES string of the molecule is CN.Cn1c(=O)n(C2CCC(=O)NC2=O)c2ccc(C3CCN(CC4CCCCC4)CC3)cc21.Fc1ccccc1Cl.[CH2-]Nc1cc(Cl)ccc1C1C(C)C(C=O)N(C)C12CCCCC2.[K+]. The van der Waals surface area contributed by atoms with Crippen LogP contribution in [0, 0.1) is 24.7 Å². The summed E-state index contributed by atoms with van der Waals surface area (Å²) in [6, 6.07) is 17.7. The van der Waals surface area contributed by atoms with Gasteiger partial charge in [0, 0.05) is 42.2 Å². The van der Waals surface area contributed by atoms with Crippen LogP contribution < -0.4 is 73.4 Å². The molecule has 5 aliphatic rings. The number of amides is 2. The van der Waals surface area contributed by atoms with Gasteiger partial charge in [-0.15, -0.1) is 0 Å². The number of nitrogens with one attached hydrogen (secondary N) is 2. The van der Waals surface area contributed by atoms with Gasteiger partial charge in [-0.2, -0.15) is 0 Å². The molecule has 0 radical (unpaired) electrons. The number of aromatic nitrogens is 2. The molecule has 15 heteroatoms. The molecule has 4 N–H and O–H groups in total. The second kappa shape index (κ2) is 25.4. The fourth-order valence-corrected chi connectivity index (χ4v) is 11.9. The van der Waals surface area contributed by atoms with Crippen LogP contribution >= 0.6 is 23.2 Å². The summed E-state index contributed by atoms with van der Waals surface area (Å²) in [6.07, 6.45) is 17.2. The summed E-state index contributed by atoms with van der Waals surface area (Å²) in [5.41, 5.74) is 9.52. The number of piperidine rings is 2. The number of rotatable bonds is 7. The number of hydrogen-bond acceptors (Lipinski definition) is 8. The van der Waals surface area contributed by atoms with Gasteiger partial charge in [0.15, 0.2) is 0 Å². The fourth-order valence-electron chi connectivity index (χ4n) is 11.6. The summed E-state index contributed by atoms with van der Waals surface area (Å²) < 4.78 is 15.4. The van der Waals surface area contributed by atoms with Crippen LogP contribution in [0.2, 0.25) is 10.0 Å². The van der Waals surface area contributed by atoms with E-state index in [0.717, 1.165) is 67.7 Å². The van der Waals surface area contributed by atoms with Gasteiger partial charge in [-0.1, -0.05) is 92.9 Å². The maximum Gasteiger partial charge on any atom is 1.00 e. The molecule has 66 heavy (non-hydrogen) atoms. The standard InChI is InChI=1S/C25H34N4O3.C19H26ClN2O.C6H4ClF.CH5N.K/c1-27-22-15-19(18-11-13-28(14-12-18)16-17-5-3-2-4-6-17)7-8-20(22)29(25(27)32)21-9-10-23(30)26-24(21)31;1-13-17(12-23)22(3)19(9-5-4-6-10-19)18(13)15-8-7-14(20)11-16(15)21-2;7-5-3-1-2-4-6(5)8;1-2;/h7-8,15,17-18,21H,2-6,9-14,16H2,1H3,(H,26,30,31);7-8,11-13,17-18,21H,2,4-6,9-10H2,1,3H3;1-4H;2H2,1H3;/q;-1;;;+1. The number of imidazole rings is 1. The minimum Gasteiger partial charge on any atom is -0.538 e. The van der Waals surface area contributed by atoms with E-state index in [2.05, 4.69) is 65.4 Å². The quantitative estimate of drug-likeness (QED) is 0.0816. The van der Waals surface area contributed by atoms with Crippen LogP contribution in [0.3, 0.4) is 0 Å². The molecule has 3 aliphatic heterocycles. The van der Waals surface area contributed by atoms with Crippen LogP contribution in [0.4, 0.5) is 10.1 Å². The van der Waals surface area contributed by atoms with Crippen molar-refractivity contribution < 1.29 is 70.2 Å². The number of aldehydes is 1. The second-order valence-electron chi connectivity index (χ2n) is 18.6. The Hall–Kier alpha value is -2.43. The predicted octanol–water partition coefficient (Wildman–Crippen LogP) is 6.61. The molecule has 1 spiro atoms. The Morgan fingerprint density at radius 2 is 1.55 bits per heavy atom. The van der Waals surface area contributed by atoms with Crippen molar-refractivity contribution in [2.24, 2.45) is 24.6 Å². The maximum atomic E-state index is 13.0. The van der Waals surface area contributed by atoms with E-state index in [1.54, 1.807) is 28.3 Å². The largest absolute Gasteiger partial charge is 1.00 e. The third-order valence-corrected chi connectivity index (χ3v) is 15.5. The number of nitrogens with zero attached hydrogens (tertiary/aromatic N) is 4. The molecular formula is C51H69Cl2FKN7O4. The number of imide groups is 1. The van der Waals surface area contributed by atoms with Gasteiger partial charge in [-0.3, -0.25) is 36.0 Å². The van der Waals surface area contributed by atoms with Crippen molar-refractivity contribution in [2.45, 2.75) is 126 Å². The molecule has 4 unspecified atom stereocenters. The van der Waals surface area contributed by atoms with Crippen LogP contribution in [0.5, 0.6) is 0 Å². The molecule has 2 aliphatic carbocycles. The van der Waals surface area contributed by atoms with E-state index in [-0.39, 0.29) is 104 Å². The van der Waals surface area contributed by atoms with E-state index < -0.39 is 6.04 Å². The van der Waals surface area contributed by atoms with Crippen molar-refractivity contribution in [1.82, 2.24) is 24.3 Å². The summed E-state index contributed by atoms with van der Waals surface area (Å²) in [6.45, 7) is 5.77. The van der Waals surface area contributed by atoms with Crippen molar-refractivity contribution in [3.05, 3.63) is 105 Å². The first kappa shape index (κ1) is 54.5. The van der Waals surface area contributed by atoms with Gasteiger partial charge in [0.2, 0.25) is 11.8 Å². The maximum absolute atomic E-state index is 13.0. The molecule has 1 aromatic heterocycles. The monoisotopic (exact) mass is 971 g/mol. The topological polar surface area (TPSA) is 135 Å². The molecule has 11 nitrogen and oxygen atoms in total. The third kappa shape index (κ3) is 12.3. The van der Waals surface area contributed by atoms with Crippen LogP contribution in [0.25, 0.3) is 11.0 Å². The number of carbonyl (C=O) groups excluding carboxylic acids is 3. The van der Waals surface area contributed by atoms with E-state index >= 15 is 0 Å².